The van der Waals surface area contributed by atoms with Crippen LogP contribution in [-0.4, -0.2) is 0 Å². The zero-order chi connectivity index (χ0) is 14.4. The van der Waals surface area contributed by atoms with Gasteiger partial charge in [-0.05, 0) is 30.9 Å². The van der Waals surface area contributed by atoms with Crippen molar-refractivity contribution in [2.75, 3.05) is 0 Å². The standard InChI is InChI=1S/C16H24.C2H6/c1-6-10-11-13-15(8-3)16(9-4)14(5)12-7-2;1-2/h6,8,10-11,13H,1,3,7,9,12H2,2,4-5H3;1-2H3/b11-10-,15-13+,16-14+;. The molecule has 102 valence electrons. The molecular weight excluding hydrogens is 216 g/mol. The van der Waals surface area contributed by atoms with Crippen molar-refractivity contribution in [1.82, 2.24) is 0 Å². The highest BCUT2D eigenvalue weighted by molar-refractivity contribution is 5.43. The second kappa shape index (κ2) is 13.8. The number of rotatable bonds is 7. The SMILES string of the molecule is C=C\C=C/C=C(C=C)/C(CC)=C(\C)CCC.CC. The normalized spacial score (nSPS) is 12.6. The van der Waals surface area contributed by atoms with Crippen LogP contribution in [0.15, 0.2) is 60.3 Å². The van der Waals surface area contributed by atoms with Gasteiger partial charge in [-0.15, -0.1) is 0 Å². The van der Waals surface area contributed by atoms with E-state index in [0.717, 1.165) is 6.42 Å². The van der Waals surface area contributed by atoms with Crippen molar-refractivity contribution in [3.05, 3.63) is 60.3 Å². The van der Waals surface area contributed by atoms with E-state index in [4.69, 9.17) is 0 Å². The summed E-state index contributed by atoms with van der Waals surface area (Å²) < 4.78 is 0. The van der Waals surface area contributed by atoms with Gasteiger partial charge in [-0.25, -0.2) is 0 Å². The predicted octanol–water partition coefficient (Wildman–Crippen LogP) is 6.39. The second-order valence-corrected chi connectivity index (χ2v) is 3.81. The van der Waals surface area contributed by atoms with Gasteiger partial charge in [0, 0.05) is 0 Å². The highest BCUT2D eigenvalue weighted by Crippen LogP contribution is 2.22. The van der Waals surface area contributed by atoms with E-state index in [0.29, 0.717) is 0 Å². The lowest BCUT2D eigenvalue weighted by Gasteiger charge is -2.10. The van der Waals surface area contributed by atoms with Gasteiger partial charge >= 0.3 is 0 Å². The molecule has 18 heavy (non-hydrogen) atoms. The Kier molecular flexibility index (Phi) is 14.6. The molecule has 0 unspecified atom stereocenters. The van der Waals surface area contributed by atoms with E-state index in [-0.39, 0.29) is 0 Å². The fraction of sp³-hybridized carbons (Fsp3) is 0.444. The molecule has 0 aliphatic heterocycles. The minimum atomic E-state index is 1.06. The molecule has 0 atom stereocenters. The van der Waals surface area contributed by atoms with Crippen molar-refractivity contribution in [2.24, 2.45) is 0 Å². The maximum atomic E-state index is 3.89. The van der Waals surface area contributed by atoms with Crippen LogP contribution in [0.3, 0.4) is 0 Å². The Hall–Kier alpha value is -1.30. The maximum absolute atomic E-state index is 3.89. The van der Waals surface area contributed by atoms with Crippen molar-refractivity contribution >= 4 is 0 Å². The first kappa shape index (κ1) is 19.0. The largest absolute Gasteiger partial charge is 0.0991 e. The van der Waals surface area contributed by atoms with Gasteiger partial charge in [0.1, 0.15) is 0 Å². The Morgan fingerprint density at radius 1 is 1.06 bits per heavy atom. The van der Waals surface area contributed by atoms with E-state index in [1.54, 1.807) is 6.08 Å². The third-order valence-electron chi connectivity index (χ3n) is 2.59. The lowest BCUT2D eigenvalue weighted by Crippen LogP contribution is -1.91. The van der Waals surface area contributed by atoms with E-state index in [1.165, 1.54) is 29.6 Å². The Labute approximate surface area is 115 Å². The molecule has 0 nitrogen and oxygen atoms in total. The molecule has 0 radical (unpaired) electrons. The van der Waals surface area contributed by atoms with Crippen LogP contribution in [0.1, 0.15) is 53.9 Å². The van der Waals surface area contributed by atoms with Crippen molar-refractivity contribution < 1.29 is 0 Å². The molecule has 0 rings (SSSR count). The molecule has 0 saturated carbocycles. The smallest absolute Gasteiger partial charge is 0.0231 e. The Balaban J connectivity index is 0. The van der Waals surface area contributed by atoms with E-state index in [2.05, 4.69) is 40.0 Å². The van der Waals surface area contributed by atoms with Crippen LogP contribution in [0.4, 0.5) is 0 Å². The van der Waals surface area contributed by atoms with Crippen LogP contribution in [0.5, 0.6) is 0 Å². The van der Waals surface area contributed by atoms with Gasteiger partial charge in [-0.3, -0.25) is 0 Å². The fourth-order valence-corrected chi connectivity index (χ4v) is 1.81. The average Bonchev–Trinajstić information content (AvgIpc) is 2.40. The molecule has 0 aliphatic carbocycles. The van der Waals surface area contributed by atoms with Gasteiger partial charge in [-0.1, -0.05) is 83.2 Å². The molecule has 0 fully saturated rings. The lowest BCUT2D eigenvalue weighted by molar-refractivity contribution is 0.880. The fourth-order valence-electron chi connectivity index (χ4n) is 1.81. The van der Waals surface area contributed by atoms with Crippen LogP contribution >= 0.6 is 0 Å². The number of hydrogen-bond acceptors (Lipinski definition) is 0. The minimum absolute atomic E-state index is 1.06. The van der Waals surface area contributed by atoms with Crippen LogP contribution in [0.25, 0.3) is 0 Å². The minimum Gasteiger partial charge on any atom is -0.0991 e. The number of hydrogen-bond donors (Lipinski definition) is 0. The van der Waals surface area contributed by atoms with Gasteiger partial charge in [0.15, 0.2) is 0 Å². The first-order valence-corrected chi connectivity index (χ1v) is 7.02. The topological polar surface area (TPSA) is 0 Å². The summed E-state index contributed by atoms with van der Waals surface area (Å²) in [7, 11) is 0. The van der Waals surface area contributed by atoms with E-state index < -0.39 is 0 Å². The molecule has 0 aromatic carbocycles. The monoisotopic (exact) mass is 246 g/mol. The van der Waals surface area contributed by atoms with Crippen molar-refractivity contribution in [1.29, 1.82) is 0 Å². The molecule has 0 N–H and O–H groups in total. The highest BCUT2D eigenvalue weighted by atomic mass is 14.1. The molecule has 0 aliphatic rings. The first-order valence-electron chi connectivity index (χ1n) is 7.02. The van der Waals surface area contributed by atoms with Crippen molar-refractivity contribution in [3.8, 4) is 0 Å². The molecule has 0 spiro atoms. The van der Waals surface area contributed by atoms with Crippen LogP contribution < -0.4 is 0 Å². The first-order chi connectivity index (χ1) is 8.71. The van der Waals surface area contributed by atoms with Crippen molar-refractivity contribution in [3.63, 3.8) is 0 Å². The summed E-state index contributed by atoms with van der Waals surface area (Å²) in [6.45, 7) is 18.2. The van der Waals surface area contributed by atoms with E-state index >= 15 is 0 Å². The molecule has 0 amide bonds. The summed E-state index contributed by atoms with van der Waals surface area (Å²) in [4.78, 5) is 0. The lowest BCUT2D eigenvalue weighted by atomic mass is 9.95. The molecule has 0 saturated heterocycles. The van der Waals surface area contributed by atoms with Gasteiger partial charge in [-0.2, -0.15) is 0 Å². The molecule has 0 heteroatoms. The maximum Gasteiger partial charge on any atom is -0.0231 e. The van der Waals surface area contributed by atoms with E-state index in [1.807, 2.05) is 32.1 Å². The average molecular weight is 246 g/mol. The van der Waals surface area contributed by atoms with Crippen molar-refractivity contribution in [2.45, 2.75) is 53.9 Å². The van der Waals surface area contributed by atoms with Gasteiger partial charge < -0.3 is 0 Å². The summed E-state index contributed by atoms with van der Waals surface area (Å²) in [6.07, 6.45) is 13.2. The van der Waals surface area contributed by atoms with E-state index in [9.17, 15) is 0 Å². The summed E-state index contributed by atoms with van der Waals surface area (Å²) in [5.74, 6) is 0. The quantitative estimate of drug-likeness (QED) is 0.456. The van der Waals surface area contributed by atoms with Gasteiger partial charge in [0.25, 0.3) is 0 Å². The molecule has 0 heterocycles. The summed E-state index contributed by atoms with van der Waals surface area (Å²) in [6, 6.07) is 0. The summed E-state index contributed by atoms with van der Waals surface area (Å²) in [5, 5.41) is 0. The van der Waals surface area contributed by atoms with Gasteiger partial charge in [0.2, 0.25) is 0 Å². The van der Waals surface area contributed by atoms with Crippen LogP contribution in [-0.2, 0) is 0 Å². The Bertz CT molecular complexity index is 311. The van der Waals surface area contributed by atoms with Gasteiger partial charge in [0.05, 0.1) is 0 Å². The summed E-state index contributed by atoms with van der Waals surface area (Å²) >= 11 is 0. The Morgan fingerprint density at radius 2 is 1.67 bits per heavy atom. The third kappa shape index (κ3) is 7.89. The predicted molar refractivity (Wildman–Crippen MR) is 86.9 cm³/mol. The molecule has 0 aromatic heterocycles. The summed E-state index contributed by atoms with van der Waals surface area (Å²) in [5.41, 5.74) is 4.13. The molecule has 0 bridgehead atoms. The molecule has 0 aromatic rings. The second-order valence-electron chi connectivity index (χ2n) is 3.81. The third-order valence-corrected chi connectivity index (χ3v) is 2.59. The molecular formula is C18H30. The highest BCUT2D eigenvalue weighted by Gasteiger charge is 2.02. The number of allylic oxidation sites excluding steroid dienone is 8. The van der Waals surface area contributed by atoms with Crippen LogP contribution in [0, 0.1) is 0 Å². The zero-order valence-electron chi connectivity index (χ0n) is 12.9. The zero-order valence-corrected chi connectivity index (χ0v) is 12.9. The van der Waals surface area contributed by atoms with Crippen LogP contribution in [0.2, 0.25) is 0 Å². The Morgan fingerprint density at radius 3 is 2.06 bits per heavy atom.